The fourth-order valence-electron chi connectivity index (χ4n) is 3.03. The molecule has 0 N–H and O–H groups in total. The lowest BCUT2D eigenvalue weighted by atomic mass is 9.89. The monoisotopic (exact) mass is 321 g/mol. The lowest BCUT2D eigenvalue weighted by Crippen LogP contribution is -2.32. The molecule has 3 rings (SSSR count). The standard InChI is InChI=1S/C21H23NO2/c1-21(2,3)24-20(23)19-17(15-10-6-4-7-11-15)14-18(22-19)16-12-8-5-9-13-16/h4-13,17,19H,14H2,1-3H3/t17?,19-/m0/s1. The Hall–Kier alpha value is -2.42. The zero-order valence-electron chi connectivity index (χ0n) is 14.4. The summed E-state index contributed by atoms with van der Waals surface area (Å²) in [6.45, 7) is 5.66. The van der Waals surface area contributed by atoms with Crippen molar-refractivity contribution in [2.45, 2.75) is 44.8 Å². The number of carbonyl (C=O) groups excluding carboxylic acids is 1. The van der Waals surface area contributed by atoms with Gasteiger partial charge in [-0.2, -0.15) is 0 Å². The molecule has 24 heavy (non-hydrogen) atoms. The Morgan fingerprint density at radius 2 is 1.58 bits per heavy atom. The average molecular weight is 321 g/mol. The topological polar surface area (TPSA) is 38.7 Å². The maximum absolute atomic E-state index is 12.7. The second-order valence-electron chi connectivity index (χ2n) is 7.14. The number of ether oxygens (including phenoxy) is 1. The lowest BCUT2D eigenvalue weighted by Gasteiger charge is -2.24. The summed E-state index contributed by atoms with van der Waals surface area (Å²) in [4.78, 5) is 17.4. The van der Waals surface area contributed by atoms with Crippen LogP contribution in [0.1, 0.15) is 44.2 Å². The molecule has 0 saturated heterocycles. The first-order valence-electron chi connectivity index (χ1n) is 8.34. The van der Waals surface area contributed by atoms with Crippen molar-refractivity contribution in [2.24, 2.45) is 4.99 Å². The number of aliphatic imine (C=N–C) groups is 1. The molecule has 0 aromatic heterocycles. The van der Waals surface area contributed by atoms with Gasteiger partial charge in [-0.1, -0.05) is 60.7 Å². The Labute approximate surface area is 143 Å². The third-order valence-electron chi connectivity index (χ3n) is 4.07. The highest BCUT2D eigenvalue weighted by Gasteiger charge is 2.38. The molecule has 1 aliphatic heterocycles. The number of rotatable bonds is 3. The molecule has 0 spiro atoms. The Balaban J connectivity index is 1.93. The van der Waals surface area contributed by atoms with Gasteiger partial charge in [-0.3, -0.25) is 4.99 Å². The van der Waals surface area contributed by atoms with Crippen molar-refractivity contribution >= 4 is 11.7 Å². The van der Waals surface area contributed by atoms with Gasteiger partial charge in [-0.05, 0) is 38.3 Å². The molecule has 124 valence electrons. The van der Waals surface area contributed by atoms with E-state index in [2.05, 4.69) is 12.1 Å². The van der Waals surface area contributed by atoms with E-state index >= 15 is 0 Å². The Kier molecular flexibility index (Phi) is 4.52. The summed E-state index contributed by atoms with van der Waals surface area (Å²) in [5.41, 5.74) is 2.66. The lowest BCUT2D eigenvalue weighted by molar-refractivity contribution is -0.156. The van der Waals surface area contributed by atoms with Crippen LogP contribution in [0, 0.1) is 0 Å². The highest BCUT2D eigenvalue weighted by molar-refractivity contribution is 6.04. The number of benzene rings is 2. The van der Waals surface area contributed by atoms with Gasteiger partial charge in [0, 0.05) is 11.6 Å². The highest BCUT2D eigenvalue weighted by atomic mass is 16.6. The van der Waals surface area contributed by atoms with E-state index in [1.165, 1.54) is 0 Å². The van der Waals surface area contributed by atoms with Gasteiger partial charge in [0.2, 0.25) is 0 Å². The summed E-state index contributed by atoms with van der Waals surface area (Å²) in [5.74, 6) is -0.224. The summed E-state index contributed by atoms with van der Waals surface area (Å²) < 4.78 is 5.61. The predicted octanol–water partition coefficient (Wildman–Crippen LogP) is 4.37. The van der Waals surface area contributed by atoms with Crippen molar-refractivity contribution in [3.8, 4) is 0 Å². The zero-order valence-corrected chi connectivity index (χ0v) is 14.4. The summed E-state index contributed by atoms with van der Waals surface area (Å²) >= 11 is 0. The van der Waals surface area contributed by atoms with Crippen LogP contribution in [0.3, 0.4) is 0 Å². The number of hydrogen-bond acceptors (Lipinski definition) is 3. The molecule has 2 aromatic carbocycles. The van der Waals surface area contributed by atoms with Crippen molar-refractivity contribution in [3.05, 3.63) is 71.8 Å². The van der Waals surface area contributed by atoms with Crippen LogP contribution in [0.4, 0.5) is 0 Å². The van der Waals surface area contributed by atoms with E-state index in [1.807, 2.05) is 69.3 Å². The van der Waals surface area contributed by atoms with Crippen LogP contribution in [0.15, 0.2) is 65.7 Å². The first kappa shape index (κ1) is 16.4. The fraction of sp³-hybridized carbons (Fsp3) is 0.333. The quantitative estimate of drug-likeness (QED) is 0.787. The van der Waals surface area contributed by atoms with Crippen LogP contribution in [-0.2, 0) is 9.53 Å². The van der Waals surface area contributed by atoms with Crippen LogP contribution in [-0.4, -0.2) is 23.3 Å². The minimum Gasteiger partial charge on any atom is -0.458 e. The van der Waals surface area contributed by atoms with Gasteiger partial charge in [0.25, 0.3) is 0 Å². The van der Waals surface area contributed by atoms with Gasteiger partial charge in [-0.15, -0.1) is 0 Å². The van der Waals surface area contributed by atoms with Crippen molar-refractivity contribution < 1.29 is 9.53 Å². The summed E-state index contributed by atoms with van der Waals surface area (Å²) in [6, 6.07) is 19.7. The van der Waals surface area contributed by atoms with E-state index in [4.69, 9.17) is 9.73 Å². The number of esters is 1. The predicted molar refractivity (Wildman–Crippen MR) is 96.4 cm³/mol. The Bertz CT molecular complexity index is 729. The highest BCUT2D eigenvalue weighted by Crippen LogP contribution is 2.34. The molecule has 2 atom stereocenters. The van der Waals surface area contributed by atoms with Gasteiger partial charge < -0.3 is 4.74 Å². The molecule has 2 aromatic rings. The maximum Gasteiger partial charge on any atom is 0.332 e. The zero-order chi connectivity index (χ0) is 17.2. The smallest absolute Gasteiger partial charge is 0.332 e. The second kappa shape index (κ2) is 6.60. The molecule has 0 bridgehead atoms. The molecule has 0 aliphatic carbocycles. The Morgan fingerprint density at radius 1 is 1.00 bits per heavy atom. The summed E-state index contributed by atoms with van der Waals surface area (Å²) in [7, 11) is 0. The van der Waals surface area contributed by atoms with E-state index in [0.29, 0.717) is 0 Å². The van der Waals surface area contributed by atoms with Crippen molar-refractivity contribution in [1.82, 2.24) is 0 Å². The molecule has 1 heterocycles. The van der Waals surface area contributed by atoms with Crippen LogP contribution >= 0.6 is 0 Å². The fourth-order valence-corrected chi connectivity index (χ4v) is 3.03. The van der Waals surface area contributed by atoms with E-state index in [9.17, 15) is 4.79 Å². The molecular weight excluding hydrogens is 298 g/mol. The van der Waals surface area contributed by atoms with Gasteiger partial charge in [0.05, 0.1) is 0 Å². The van der Waals surface area contributed by atoms with E-state index < -0.39 is 11.6 Å². The normalized spacial score (nSPS) is 20.5. The third-order valence-corrected chi connectivity index (χ3v) is 4.07. The van der Waals surface area contributed by atoms with Gasteiger partial charge in [-0.25, -0.2) is 4.79 Å². The van der Waals surface area contributed by atoms with Crippen LogP contribution in [0.25, 0.3) is 0 Å². The van der Waals surface area contributed by atoms with E-state index in [-0.39, 0.29) is 11.9 Å². The van der Waals surface area contributed by atoms with Crippen LogP contribution < -0.4 is 0 Å². The molecule has 1 aliphatic rings. The van der Waals surface area contributed by atoms with Gasteiger partial charge in [0.15, 0.2) is 6.04 Å². The van der Waals surface area contributed by atoms with Crippen molar-refractivity contribution in [1.29, 1.82) is 0 Å². The molecule has 0 radical (unpaired) electrons. The van der Waals surface area contributed by atoms with Crippen molar-refractivity contribution in [3.63, 3.8) is 0 Å². The molecule has 0 saturated carbocycles. The first-order valence-corrected chi connectivity index (χ1v) is 8.34. The first-order chi connectivity index (χ1) is 11.4. The minimum absolute atomic E-state index is 0.0243. The summed E-state index contributed by atoms with van der Waals surface area (Å²) in [6.07, 6.45) is 0.748. The van der Waals surface area contributed by atoms with Crippen LogP contribution in [0.2, 0.25) is 0 Å². The summed E-state index contributed by atoms with van der Waals surface area (Å²) in [5, 5.41) is 0. The molecule has 1 unspecified atom stereocenters. The van der Waals surface area contributed by atoms with Crippen LogP contribution in [0.5, 0.6) is 0 Å². The number of hydrogen-bond donors (Lipinski definition) is 0. The SMILES string of the molecule is CC(C)(C)OC(=O)[C@H]1N=C(c2ccccc2)CC1c1ccccc1. The number of nitrogens with zero attached hydrogens (tertiary/aromatic N) is 1. The maximum atomic E-state index is 12.7. The molecular formula is C21H23NO2. The number of carbonyl (C=O) groups is 1. The largest absolute Gasteiger partial charge is 0.458 e. The minimum atomic E-state index is -0.511. The van der Waals surface area contributed by atoms with Crippen molar-refractivity contribution in [2.75, 3.05) is 0 Å². The van der Waals surface area contributed by atoms with Gasteiger partial charge in [0.1, 0.15) is 5.60 Å². The second-order valence-corrected chi connectivity index (χ2v) is 7.14. The molecule has 0 amide bonds. The van der Waals surface area contributed by atoms with E-state index in [0.717, 1.165) is 23.3 Å². The molecule has 3 nitrogen and oxygen atoms in total. The molecule has 0 fully saturated rings. The third kappa shape index (κ3) is 3.73. The van der Waals surface area contributed by atoms with Gasteiger partial charge >= 0.3 is 5.97 Å². The average Bonchev–Trinajstić information content (AvgIpc) is 3.00. The molecule has 3 heteroatoms. The Morgan fingerprint density at radius 3 is 2.17 bits per heavy atom. The van der Waals surface area contributed by atoms with E-state index in [1.54, 1.807) is 0 Å².